The van der Waals surface area contributed by atoms with Gasteiger partial charge in [-0.15, -0.1) is 23.7 Å². The van der Waals surface area contributed by atoms with Crippen LogP contribution in [0.2, 0.25) is 0 Å². The van der Waals surface area contributed by atoms with E-state index in [1.807, 2.05) is 0 Å². The molecular formula is C6H8ClNO2S. The van der Waals surface area contributed by atoms with Crippen LogP contribution in [0.4, 0.5) is 5.00 Å². The van der Waals surface area contributed by atoms with Crippen LogP contribution in [0.25, 0.3) is 0 Å². The van der Waals surface area contributed by atoms with Crippen molar-refractivity contribution in [1.29, 1.82) is 0 Å². The number of aryl methyl sites for hydroxylation is 1. The largest absolute Gasteiger partial charge is 0.477 e. The molecule has 0 amide bonds. The molecule has 1 aromatic rings. The van der Waals surface area contributed by atoms with Gasteiger partial charge in [-0.1, -0.05) is 0 Å². The average Bonchev–Trinajstić information content (AvgIpc) is 2.10. The number of hydrogen-bond acceptors (Lipinski definition) is 3. The number of thiophene rings is 1. The lowest BCUT2D eigenvalue weighted by atomic mass is 10.3. The molecule has 0 spiro atoms. The van der Waals surface area contributed by atoms with Gasteiger partial charge in [0.25, 0.3) is 0 Å². The summed E-state index contributed by atoms with van der Waals surface area (Å²) in [5.74, 6) is -0.904. The van der Waals surface area contributed by atoms with Crippen LogP contribution in [-0.4, -0.2) is 11.1 Å². The van der Waals surface area contributed by atoms with Crippen molar-refractivity contribution in [3.8, 4) is 0 Å². The van der Waals surface area contributed by atoms with Gasteiger partial charge in [-0.05, 0) is 18.6 Å². The SMILES string of the molecule is Cc1cc(N)sc1C(=O)O.Cl. The predicted octanol–water partition coefficient (Wildman–Crippen LogP) is 1.76. The Hall–Kier alpha value is -0.740. The number of rotatable bonds is 1. The molecule has 0 aliphatic rings. The van der Waals surface area contributed by atoms with E-state index in [9.17, 15) is 4.79 Å². The molecule has 1 aromatic heterocycles. The van der Waals surface area contributed by atoms with E-state index in [1.54, 1.807) is 13.0 Å². The van der Waals surface area contributed by atoms with Crippen molar-refractivity contribution in [2.75, 3.05) is 5.73 Å². The van der Waals surface area contributed by atoms with Crippen molar-refractivity contribution < 1.29 is 9.90 Å². The Labute approximate surface area is 74.3 Å². The highest BCUT2D eigenvalue weighted by Crippen LogP contribution is 2.23. The maximum Gasteiger partial charge on any atom is 0.346 e. The molecule has 0 unspecified atom stereocenters. The summed E-state index contributed by atoms with van der Waals surface area (Å²) in [4.78, 5) is 10.7. The van der Waals surface area contributed by atoms with Gasteiger partial charge in [0.2, 0.25) is 0 Å². The van der Waals surface area contributed by atoms with Gasteiger partial charge in [0, 0.05) is 0 Å². The summed E-state index contributed by atoms with van der Waals surface area (Å²) in [5, 5.41) is 9.08. The lowest BCUT2D eigenvalue weighted by Gasteiger charge is -1.86. The van der Waals surface area contributed by atoms with Crippen LogP contribution in [0.1, 0.15) is 15.2 Å². The highest BCUT2D eigenvalue weighted by Gasteiger charge is 2.09. The Balaban J connectivity index is 0.000001000. The number of halogens is 1. The monoisotopic (exact) mass is 193 g/mol. The van der Waals surface area contributed by atoms with Crippen LogP contribution >= 0.6 is 23.7 Å². The maximum atomic E-state index is 10.4. The van der Waals surface area contributed by atoms with Crippen LogP contribution < -0.4 is 5.73 Å². The Morgan fingerprint density at radius 2 is 2.27 bits per heavy atom. The normalized spacial score (nSPS) is 8.82. The highest BCUT2D eigenvalue weighted by molar-refractivity contribution is 7.17. The highest BCUT2D eigenvalue weighted by atomic mass is 35.5. The van der Waals surface area contributed by atoms with E-state index in [1.165, 1.54) is 0 Å². The predicted molar refractivity (Wildman–Crippen MR) is 47.7 cm³/mol. The molecule has 0 aromatic carbocycles. The summed E-state index contributed by atoms with van der Waals surface area (Å²) >= 11 is 1.10. The minimum atomic E-state index is -0.904. The minimum absolute atomic E-state index is 0. The van der Waals surface area contributed by atoms with E-state index in [4.69, 9.17) is 10.8 Å². The number of carboxylic acids is 1. The van der Waals surface area contributed by atoms with Crippen molar-refractivity contribution in [3.63, 3.8) is 0 Å². The van der Waals surface area contributed by atoms with Crippen LogP contribution in [0.5, 0.6) is 0 Å². The number of carbonyl (C=O) groups is 1. The van der Waals surface area contributed by atoms with Gasteiger partial charge in [0.15, 0.2) is 0 Å². The summed E-state index contributed by atoms with van der Waals surface area (Å²) in [6.07, 6.45) is 0. The summed E-state index contributed by atoms with van der Waals surface area (Å²) in [5.41, 5.74) is 6.10. The first kappa shape index (κ1) is 10.3. The first-order valence-corrected chi connectivity index (χ1v) is 3.52. The molecule has 3 nitrogen and oxygen atoms in total. The molecule has 1 heterocycles. The molecule has 62 valence electrons. The number of hydrogen-bond donors (Lipinski definition) is 2. The molecule has 3 N–H and O–H groups in total. The number of carboxylic acid groups (broad SMARTS) is 1. The Morgan fingerprint density at radius 3 is 2.45 bits per heavy atom. The fourth-order valence-corrected chi connectivity index (χ4v) is 1.50. The van der Waals surface area contributed by atoms with Gasteiger partial charge in [0.05, 0.1) is 5.00 Å². The number of nitrogen functional groups attached to an aromatic ring is 1. The summed E-state index contributed by atoms with van der Waals surface area (Å²) in [6, 6.07) is 1.66. The summed E-state index contributed by atoms with van der Waals surface area (Å²) in [7, 11) is 0. The van der Waals surface area contributed by atoms with E-state index in [0.29, 0.717) is 9.88 Å². The van der Waals surface area contributed by atoms with Crippen LogP contribution in [0.15, 0.2) is 6.07 Å². The van der Waals surface area contributed by atoms with Crippen molar-refractivity contribution in [3.05, 3.63) is 16.5 Å². The van der Waals surface area contributed by atoms with E-state index in [-0.39, 0.29) is 12.4 Å². The lowest BCUT2D eigenvalue weighted by molar-refractivity contribution is 0.0701. The molecule has 0 aliphatic heterocycles. The second-order valence-corrected chi connectivity index (χ2v) is 3.05. The van der Waals surface area contributed by atoms with E-state index in [0.717, 1.165) is 16.9 Å². The Bertz CT molecular complexity index is 272. The molecule has 0 saturated carbocycles. The molecule has 0 aliphatic carbocycles. The van der Waals surface area contributed by atoms with Crippen molar-refractivity contribution in [2.45, 2.75) is 6.92 Å². The molecule has 5 heteroatoms. The molecule has 1 rings (SSSR count). The maximum absolute atomic E-state index is 10.4. The quantitative estimate of drug-likeness (QED) is 0.715. The first-order chi connectivity index (χ1) is 4.61. The molecule has 0 bridgehead atoms. The summed E-state index contributed by atoms with van der Waals surface area (Å²) < 4.78 is 0. The first-order valence-electron chi connectivity index (χ1n) is 2.70. The number of anilines is 1. The zero-order valence-corrected chi connectivity index (χ0v) is 7.46. The van der Waals surface area contributed by atoms with Crippen molar-refractivity contribution in [1.82, 2.24) is 0 Å². The third-order valence-corrected chi connectivity index (χ3v) is 2.19. The smallest absolute Gasteiger partial charge is 0.346 e. The zero-order chi connectivity index (χ0) is 7.72. The van der Waals surface area contributed by atoms with Crippen molar-refractivity contribution >= 4 is 34.7 Å². The third kappa shape index (κ3) is 2.10. The molecule has 0 fully saturated rings. The molecule has 0 radical (unpaired) electrons. The Morgan fingerprint density at radius 1 is 1.73 bits per heavy atom. The third-order valence-electron chi connectivity index (χ3n) is 1.13. The minimum Gasteiger partial charge on any atom is -0.477 e. The zero-order valence-electron chi connectivity index (χ0n) is 5.83. The average molecular weight is 194 g/mol. The summed E-state index contributed by atoms with van der Waals surface area (Å²) in [6.45, 7) is 1.73. The second-order valence-electron chi connectivity index (χ2n) is 1.97. The van der Waals surface area contributed by atoms with Gasteiger partial charge < -0.3 is 10.8 Å². The number of nitrogens with two attached hydrogens (primary N) is 1. The fourth-order valence-electron chi connectivity index (χ4n) is 0.719. The second kappa shape index (κ2) is 3.59. The van der Waals surface area contributed by atoms with Gasteiger partial charge in [-0.25, -0.2) is 4.79 Å². The van der Waals surface area contributed by atoms with E-state index in [2.05, 4.69) is 0 Å². The lowest BCUT2D eigenvalue weighted by Crippen LogP contribution is -1.93. The molecule has 0 atom stereocenters. The van der Waals surface area contributed by atoms with Gasteiger partial charge >= 0.3 is 5.97 Å². The fraction of sp³-hybridized carbons (Fsp3) is 0.167. The molecular weight excluding hydrogens is 186 g/mol. The topological polar surface area (TPSA) is 63.3 Å². The van der Waals surface area contributed by atoms with Crippen LogP contribution in [-0.2, 0) is 0 Å². The van der Waals surface area contributed by atoms with Gasteiger partial charge in [-0.2, -0.15) is 0 Å². The van der Waals surface area contributed by atoms with Gasteiger partial charge in [0.1, 0.15) is 4.88 Å². The standard InChI is InChI=1S/C6H7NO2S.ClH/c1-3-2-4(7)10-5(3)6(8)9;/h2H,7H2,1H3,(H,8,9);1H. The van der Waals surface area contributed by atoms with Gasteiger partial charge in [-0.3, -0.25) is 0 Å². The van der Waals surface area contributed by atoms with Crippen molar-refractivity contribution in [2.24, 2.45) is 0 Å². The Kier molecular flexibility index (Phi) is 3.35. The van der Waals surface area contributed by atoms with Crippen LogP contribution in [0, 0.1) is 6.92 Å². The molecule has 0 saturated heterocycles. The van der Waals surface area contributed by atoms with E-state index >= 15 is 0 Å². The molecule has 11 heavy (non-hydrogen) atoms. The van der Waals surface area contributed by atoms with E-state index < -0.39 is 5.97 Å². The van der Waals surface area contributed by atoms with Crippen LogP contribution in [0.3, 0.4) is 0 Å². The number of aromatic carboxylic acids is 1.